The van der Waals surface area contributed by atoms with Gasteiger partial charge in [-0.2, -0.15) is 11.8 Å². The molecular weight excluding hydrogens is 238 g/mol. The highest BCUT2D eigenvalue weighted by Crippen LogP contribution is 2.24. The third-order valence-corrected chi connectivity index (χ3v) is 3.53. The minimum absolute atomic E-state index is 0.0328. The number of nitrogens with one attached hydrogen (secondary N) is 1. The fourth-order valence-electron chi connectivity index (χ4n) is 1.64. The van der Waals surface area contributed by atoms with Crippen LogP contribution >= 0.6 is 11.8 Å². The van der Waals surface area contributed by atoms with Gasteiger partial charge in [0.15, 0.2) is 5.79 Å². The highest BCUT2D eigenvalue weighted by atomic mass is 32.2. The maximum atomic E-state index is 11.7. The van der Waals surface area contributed by atoms with Gasteiger partial charge in [0.1, 0.15) is 0 Å². The summed E-state index contributed by atoms with van der Waals surface area (Å²) in [7, 11) is 0. The molecule has 0 aliphatic carbocycles. The highest BCUT2D eigenvalue weighted by Gasteiger charge is 2.33. The third-order valence-electron chi connectivity index (χ3n) is 2.42. The molecule has 92 valence electrons. The van der Waals surface area contributed by atoms with Crippen LogP contribution in [0.2, 0.25) is 0 Å². The average Bonchev–Trinajstić information content (AvgIpc) is 2.30. The molecule has 1 aromatic rings. The number of amides is 1. The number of anilines is 1. The van der Waals surface area contributed by atoms with E-state index in [0.29, 0.717) is 12.4 Å². The minimum Gasteiger partial charge on any atom is -0.364 e. The van der Waals surface area contributed by atoms with E-state index >= 15 is 0 Å². The SMILES string of the molecule is O=C(CC1(O)CSCCO1)Nc1ccccc1. The maximum absolute atomic E-state index is 11.7. The summed E-state index contributed by atoms with van der Waals surface area (Å²) in [5, 5.41) is 12.7. The second-order valence-electron chi connectivity index (χ2n) is 3.94. The number of hydrogen-bond acceptors (Lipinski definition) is 4. The summed E-state index contributed by atoms with van der Waals surface area (Å²) in [4.78, 5) is 11.7. The quantitative estimate of drug-likeness (QED) is 0.856. The average molecular weight is 253 g/mol. The van der Waals surface area contributed by atoms with Crippen molar-refractivity contribution in [3.63, 3.8) is 0 Å². The van der Waals surface area contributed by atoms with Gasteiger partial charge in [-0.25, -0.2) is 0 Å². The van der Waals surface area contributed by atoms with Crippen LogP contribution in [-0.2, 0) is 9.53 Å². The van der Waals surface area contributed by atoms with Crippen molar-refractivity contribution in [3.05, 3.63) is 30.3 Å². The van der Waals surface area contributed by atoms with Gasteiger partial charge in [0, 0.05) is 17.2 Å². The summed E-state index contributed by atoms with van der Waals surface area (Å²) >= 11 is 1.60. The number of hydrogen-bond donors (Lipinski definition) is 2. The summed E-state index contributed by atoms with van der Waals surface area (Å²) in [6.07, 6.45) is -0.0328. The predicted molar refractivity (Wildman–Crippen MR) is 67.9 cm³/mol. The molecule has 17 heavy (non-hydrogen) atoms. The van der Waals surface area contributed by atoms with Gasteiger partial charge in [-0.1, -0.05) is 18.2 Å². The number of thioether (sulfide) groups is 1. The molecule has 1 aliphatic rings. The molecule has 1 fully saturated rings. The van der Waals surface area contributed by atoms with Crippen molar-refractivity contribution < 1.29 is 14.6 Å². The lowest BCUT2D eigenvalue weighted by Crippen LogP contribution is -2.42. The highest BCUT2D eigenvalue weighted by molar-refractivity contribution is 7.99. The Balaban J connectivity index is 1.88. The van der Waals surface area contributed by atoms with Gasteiger partial charge < -0.3 is 15.2 Å². The van der Waals surface area contributed by atoms with E-state index < -0.39 is 5.79 Å². The largest absolute Gasteiger partial charge is 0.364 e. The fraction of sp³-hybridized carbons (Fsp3) is 0.417. The zero-order valence-corrected chi connectivity index (χ0v) is 10.2. The van der Waals surface area contributed by atoms with Gasteiger partial charge in [-0.05, 0) is 12.1 Å². The van der Waals surface area contributed by atoms with Gasteiger partial charge in [0.2, 0.25) is 5.91 Å². The lowest BCUT2D eigenvalue weighted by Gasteiger charge is -2.31. The predicted octanol–water partition coefficient (Wildman–Crippen LogP) is 1.47. The van der Waals surface area contributed by atoms with E-state index in [-0.39, 0.29) is 12.3 Å². The number of carbonyl (C=O) groups excluding carboxylic acids is 1. The number of rotatable bonds is 3. The molecule has 2 N–H and O–H groups in total. The van der Waals surface area contributed by atoms with Crippen LogP contribution < -0.4 is 5.32 Å². The normalized spacial score (nSPS) is 24.3. The van der Waals surface area contributed by atoms with Crippen molar-refractivity contribution in [2.75, 3.05) is 23.4 Å². The van der Waals surface area contributed by atoms with Gasteiger partial charge in [0.25, 0.3) is 0 Å². The molecule has 1 saturated heterocycles. The monoisotopic (exact) mass is 253 g/mol. The van der Waals surface area contributed by atoms with Crippen LogP contribution in [0.25, 0.3) is 0 Å². The molecular formula is C12H15NO3S. The molecule has 5 heteroatoms. The summed E-state index contributed by atoms with van der Waals surface area (Å²) in [5.41, 5.74) is 0.726. The smallest absolute Gasteiger partial charge is 0.229 e. The van der Waals surface area contributed by atoms with Crippen LogP contribution in [0.5, 0.6) is 0 Å². The summed E-state index contributed by atoms with van der Waals surface area (Å²) in [6.45, 7) is 0.486. The third kappa shape index (κ3) is 3.73. The summed E-state index contributed by atoms with van der Waals surface area (Å²) in [5.74, 6) is -0.249. The Kier molecular flexibility index (Phi) is 4.04. The fourth-order valence-corrected chi connectivity index (χ4v) is 2.49. The van der Waals surface area contributed by atoms with Crippen LogP contribution in [0.15, 0.2) is 30.3 Å². The summed E-state index contributed by atoms with van der Waals surface area (Å²) in [6, 6.07) is 9.18. The Morgan fingerprint density at radius 1 is 1.47 bits per heavy atom. The Hall–Kier alpha value is -1.04. The van der Waals surface area contributed by atoms with Gasteiger partial charge >= 0.3 is 0 Å². The Morgan fingerprint density at radius 3 is 2.88 bits per heavy atom. The molecule has 1 aromatic carbocycles. The molecule has 1 atom stereocenters. The molecule has 1 aliphatic heterocycles. The topological polar surface area (TPSA) is 58.6 Å². The number of ether oxygens (including phenoxy) is 1. The van der Waals surface area contributed by atoms with Crippen LogP contribution in [0.4, 0.5) is 5.69 Å². The molecule has 1 amide bonds. The number of aliphatic hydroxyl groups is 1. The molecule has 0 saturated carbocycles. The van der Waals surface area contributed by atoms with Gasteiger partial charge in [-0.15, -0.1) is 0 Å². The molecule has 1 unspecified atom stereocenters. The van der Waals surface area contributed by atoms with E-state index in [1.165, 1.54) is 0 Å². The van der Waals surface area contributed by atoms with E-state index in [9.17, 15) is 9.90 Å². The van der Waals surface area contributed by atoms with Crippen molar-refractivity contribution in [1.82, 2.24) is 0 Å². The molecule has 0 bridgehead atoms. The molecule has 0 spiro atoms. The molecule has 1 heterocycles. The van der Waals surface area contributed by atoms with Gasteiger partial charge in [0.05, 0.1) is 13.0 Å². The van der Waals surface area contributed by atoms with Crippen LogP contribution in [0, 0.1) is 0 Å². The van der Waals surface area contributed by atoms with Crippen molar-refractivity contribution in [1.29, 1.82) is 0 Å². The van der Waals surface area contributed by atoms with Gasteiger partial charge in [-0.3, -0.25) is 4.79 Å². The van der Waals surface area contributed by atoms with E-state index in [0.717, 1.165) is 11.4 Å². The zero-order valence-electron chi connectivity index (χ0n) is 9.39. The lowest BCUT2D eigenvalue weighted by molar-refractivity contribution is -0.190. The van der Waals surface area contributed by atoms with Crippen LogP contribution in [0.1, 0.15) is 6.42 Å². The lowest BCUT2D eigenvalue weighted by atomic mass is 10.2. The second kappa shape index (κ2) is 5.53. The van der Waals surface area contributed by atoms with Crippen LogP contribution in [0.3, 0.4) is 0 Å². The number of para-hydroxylation sites is 1. The molecule has 2 rings (SSSR count). The van der Waals surface area contributed by atoms with E-state index in [1.54, 1.807) is 23.9 Å². The Labute approximate surface area is 104 Å². The first-order valence-electron chi connectivity index (χ1n) is 5.47. The van der Waals surface area contributed by atoms with E-state index in [2.05, 4.69) is 5.32 Å². The first-order valence-corrected chi connectivity index (χ1v) is 6.62. The molecule has 0 aromatic heterocycles. The second-order valence-corrected chi connectivity index (χ2v) is 5.04. The molecule has 4 nitrogen and oxygen atoms in total. The molecule has 0 radical (unpaired) electrons. The number of carbonyl (C=O) groups is 1. The first-order chi connectivity index (χ1) is 8.18. The van der Waals surface area contributed by atoms with Crippen LogP contribution in [-0.4, -0.2) is 34.9 Å². The van der Waals surface area contributed by atoms with E-state index in [4.69, 9.17) is 4.74 Å². The van der Waals surface area contributed by atoms with Crippen molar-refractivity contribution in [3.8, 4) is 0 Å². The van der Waals surface area contributed by atoms with Crippen molar-refractivity contribution in [2.45, 2.75) is 12.2 Å². The summed E-state index contributed by atoms with van der Waals surface area (Å²) < 4.78 is 5.25. The van der Waals surface area contributed by atoms with Crippen molar-refractivity contribution in [2.24, 2.45) is 0 Å². The standard InChI is InChI=1S/C12H15NO3S/c14-11(13-10-4-2-1-3-5-10)8-12(15)9-17-7-6-16-12/h1-5,15H,6-9H2,(H,13,14). The Bertz CT molecular complexity index is 377. The number of benzene rings is 1. The minimum atomic E-state index is -1.32. The zero-order chi connectivity index (χ0) is 12.1. The van der Waals surface area contributed by atoms with E-state index in [1.807, 2.05) is 18.2 Å². The van der Waals surface area contributed by atoms with Crippen molar-refractivity contribution >= 4 is 23.4 Å². The Morgan fingerprint density at radius 2 is 2.24 bits per heavy atom. The first kappa shape index (κ1) is 12.4. The maximum Gasteiger partial charge on any atom is 0.229 e.